The summed E-state index contributed by atoms with van der Waals surface area (Å²) in [4.78, 5) is 6.15. The zero-order chi connectivity index (χ0) is 12.4. The minimum Gasteiger partial charge on any atom is -0.293 e. The van der Waals surface area contributed by atoms with Crippen molar-refractivity contribution in [3.8, 4) is 0 Å². The summed E-state index contributed by atoms with van der Waals surface area (Å²) >= 11 is 4.49. The maximum absolute atomic E-state index is 4.49. The van der Waals surface area contributed by atoms with E-state index in [0.29, 0.717) is 0 Å². The van der Waals surface area contributed by atoms with Gasteiger partial charge in [-0.15, -0.1) is 12.6 Å². The maximum Gasteiger partial charge on any atom is 0.166 e. The Kier molecular flexibility index (Phi) is 2.90. The molecule has 1 aromatic carbocycles. The Labute approximate surface area is 111 Å². The molecule has 2 aromatic rings. The molecule has 0 aliphatic carbocycles. The van der Waals surface area contributed by atoms with E-state index < -0.39 is 0 Å². The molecule has 18 heavy (non-hydrogen) atoms. The van der Waals surface area contributed by atoms with E-state index in [9.17, 15) is 0 Å². The lowest BCUT2D eigenvalue weighted by Crippen LogP contribution is -2.36. The zero-order valence-corrected chi connectivity index (χ0v) is 10.5. The largest absolute Gasteiger partial charge is 0.293 e. The summed E-state index contributed by atoms with van der Waals surface area (Å²) in [5.41, 5.74) is 4.81. The highest BCUT2D eigenvalue weighted by Gasteiger charge is 2.27. The zero-order valence-electron chi connectivity index (χ0n) is 9.56. The van der Waals surface area contributed by atoms with Crippen LogP contribution in [0.3, 0.4) is 0 Å². The molecule has 0 bridgehead atoms. The fraction of sp³-hybridized carbons (Fsp3) is 0.0769. The standard InChI is InChI=1S/C13H12N4S/c18-13-16-15-12(10-5-4-8-14-9-10)17(13)11-6-2-1-3-7-11/h1-9,13,16,18H. The Morgan fingerprint density at radius 2 is 1.94 bits per heavy atom. The second kappa shape index (κ2) is 4.70. The number of anilines is 1. The van der Waals surface area contributed by atoms with Crippen LogP contribution in [-0.4, -0.2) is 16.3 Å². The molecule has 3 rings (SSSR count). The fourth-order valence-electron chi connectivity index (χ4n) is 1.90. The van der Waals surface area contributed by atoms with Crippen molar-refractivity contribution in [3.63, 3.8) is 0 Å². The third-order valence-corrected chi connectivity index (χ3v) is 3.06. The molecule has 0 radical (unpaired) electrons. The summed E-state index contributed by atoms with van der Waals surface area (Å²) in [7, 11) is 0. The van der Waals surface area contributed by atoms with Crippen LogP contribution in [0.5, 0.6) is 0 Å². The predicted molar refractivity (Wildman–Crippen MR) is 75.6 cm³/mol. The van der Waals surface area contributed by atoms with Crippen molar-refractivity contribution in [2.45, 2.75) is 5.50 Å². The molecule has 4 nitrogen and oxygen atoms in total. The molecule has 1 atom stereocenters. The number of hydrazone groups is 1. The number of hydrogen-bond acceptors (Lipinski definition) is 5. The maximum atomic E-state index is 4.49. The Hall–Kier alpha value is -2.01. The van der Waals surface area contributed by atoms with Crippen LogP contribution in [0.4, 0.5) is 5.69 Å². The van der Waals surface area contributed by atoms with Crippen LogP contribution in [0, 0.1) is 0 Å². The number of aromatic nitrogens is 1. The molecule has 0 saturated carbocycles. The molecule has 1 N–H and O–H groups in total. The third kappa shape index (κ3) is 1.93. The van der Waals surface area contributed by atoms with E-state index in [4.69, 9.17) is 0 Å². The van der Waals surface area contributed by atoms with Crippen LogP contribution in [0.2, 0.25) is 0 Å². The average Bonchev–Trinajstić information content (AvgIpc) is 2.83. The quantitative estimate of drug-likeness (QED) is 0.808. The van der Waals surface area contributed by atoms with Crippen LogP contribution >= 0.6 is 12.6 Å². The highest BCUT2D eigenvalue weighted by atomic mass is 32.1. The first-order valence-corrected chi connectivity index (χ1v) is 6.14. The molecular weight excluding hydrogens is 244 g/mol. The Bertz CT molecular complexity index is 556. The second-order valence-electron chi connectivity index (χ2n) is 3.89. The van der Waals surface area contributed by atoms with Crippen LogP contribution in [0.15, 0.2) is 60.0 Å². The van der Waals surface area contributed by atoms with Gasteiger partial charge in [-0.1, -0.05) is 18.2 Å². The number of benzene rings is 1. The van der Waals surface area contributed by atoms with E-state index >= 15 is 0 Å². The van der Waals surface area contributed by atoms with E-state index in [-0.39, 0.29) is 5.50 Å². The highest BCUT2D eigenvalue weighted by Crippen LogP contribution is 2.23. The van der Waals surface area contributed by atoms with Gasteiger partial charge < -0.3 is 0 Å². The van der Waals surface area contributed by atoms with Crippen molar-refractivity contribution >= 4 is 24.2 Å². The number of amidine groups is 1. The topological polar surface area (TPSA) is 40.5 Å². The molecule has 0 fully saturated rings. The number of thiol groups is 1. The molecule has 0 amide bonds. The number of nitrogens with one attached hydrogen (secondary N) is 1. The van der Waals surface area contributed by atoms with Crippen molar-refractivity contribution in [2.75, 3.05) is 4.90 Å². The van der Waals surface area contributed by atoms with Gasteiger partial charge in [-0.3, -0.25) is 15.3 Å². The number of nitrogens with zero attached hydrogens (tertiary/aromatic N) is 3. The molecule has 1 aromatic heterocycles. The minimum atomic E-state index is -0.164. The molecule has 1 unspecified atom stereocenters. The molecule has 2 heterocycles. The van der Waals surface area contributed by atoms with Gasteiger partial charge in [-0.25, -0.2) is 0 Å². The van der Waals surface area contributed by atoms with Gasteiger partial charge in [-0.05, 0) is 24.3 Å². The molecule has 90 valence electrons. The van der Waals surface area contributed by atoms with Crippen molar-refractivity contribution < 1.29 is 0 Å². The van der Waals surface area contributed by atoms with Crippen molar-refractivity contribution in [2.24, 2.45) is 5.10 Å². The number of pyridine rings is 1. The van der Waals surface area contributed by atoms with Gasteiger partial charge in [0.15, 0.2) is 11.3 Å². The van der Waals surface area contributed by atoms with E-state index in [0.717, 1.165) is 17.1 Å². The summed E-state index contributed by atoms with van der Waals surface area (Å²) in [5.74, 6) is 0.828. The van der Waals surface area contributed by atoms with E-state index in [1.807, 2.05) is 47.4 Å². The van der Waals surface area contributed by atoms with Gasteiger partial charge in [0.2, 0.25) is 0 Å². The van der Waals surface area contributed by atoms with Crippen molar-refractivity contribution in [1.29, 1.82) is 0 Å². The van der Waals surface area contributed by atoms with Crippen LogP contribution in [-0.2, 0) is 0 Å². The first kappa shape index (κ1) is 11.1. The molecule has 5 heteroatoms. The van der Waals surface area contributed by atoms with E-state index in [1.54, 1.807) is 12.4 Å². The number of hydrogen-bond donors (Lipinski definition) is 2. The van der Waals surface area contributed by atoms with Gasteiger partial charge in [0.05, 0.1) is 0 Å². The van der Waals surface area contributed by atoms with Gasteiger partial charge in [0.1, 0.15) is 0 Å². The first-order chi connectivity index (χ1) is 8.86. The monoisotopic (exact) mass is 256 g/mol. The normalized spacial score (nSPS) is 18.4. The Balaban J connectivity index is 2.00. The molecular formula is C13H12N4S. The Morgan fingerprint density at radius 1 is 1.11 bits per heavy atom. The summed E-state index contributed by atoms with van der Waals surface area (Å²) in [5, 5.41) is 4.32. The fourth-order valence-corrected chi connectivity index (χ4v) is 2.20. The van der Waals surface area contributed by atoms with Crippen LogP contribution in [0.25, 0.3) is 0 Å². The predicted octanol–water partition coefficient (Wildman–Crippen LogP) is 2.07. The smallest absolute Gasteiger partial charge is 0.166 e. The molecule has 1 aliphatic heterocycles. The summed E-state index contributed by atoms with van der Waals surface area (Å²) in [6, 6.07) is 13.9. The molecule has 0 saturated heterocycles. The summed E-state index contributed by atoms with van der Waals surface area (Å²) in [6.07, 6.45) is 3.54. The van der Waals surface area contributed by atoms with Gasteiger partial charge in [-0.2, -0.15) is 5.10 Å². The first-order valence-electron chi connectivity index (χ1n) is 5.62. The third-order valence-electron chi connectivity index (χ3n) is 2.71. The van der Waals surface area contributed by atoms with Gasteiger partial charge in [0, 0.05) is 23.6 Å². The average molecular weight is 256 g/mol. The lowest BCUT2D eigenvalue weighted by Gasteiger charge is -2.23. The van der Waals surface area contributed by atoms with Crippen molar-refractivity contribution in [3.05, 3.63) is 60.4 Å². The number of rotatable bonds is 2. The number of para-hydroxylation sites is 1. The van der Waals surface area contributed by atoms with Crippen molar-refractivity contribution in [1.82, 2.24) is 10.4 Å². The summed E-state index contributed by atoms with van der Waals surface area (Å²) in [6.45, 7) is 0. The summed E-state index contributed by atoms with van der Waals surface area (Å²) < 4.78 is 0. The Morgan fingerprint density at radius 3 is 2.67 bits per heavy atom. The van der Waals surface area contributed by atoms with Gasteiger partial charge >= 0.3 is 0 Å². The molecule has 1 aliphatic rings. The molecule has 0 spiro atoms. The van der Waals surface area contributed by atoms with E-state index in [2.05, 4.69) is 28.1 Å². The van der Waals surface area contributed by atoms with Crippen LogP contribution in [0.1, 0.15) is 5.56 Å². The lowest BCUT2D eigenvalue weighted by molar-refractivity contribution is 0.761. The second-order valence-corrected chi connectivity index (χ2v) is 4.37. The minimum absolute atomic E-state index is 0.164. The van der Waals surface area contributed by atoms with Crippen LogP contribution < -0.4 is 10.3 Å². The SMILES string of the molecule is SC1NN=C(c2cccnc2)N1c1ccccc1. The van der Waals surface area contributed by atoms with E-state index in [1.165, 1.54) is 0 Å². The lowest BCUT2D eigenvalue weighted by atomic mass is 10.2. The highest BCUT2D eigenvalue weighted by molar-refractivity contribution is 7.81. The van der Waals surface area contributed by atoms with Gasteiger partial charge in [0.25, 0.3) is 0 Å².